The molecule has 104 valence electrons. The molecular weight excluding hydrogens is 250 g/mol. The first-order chi connectivity index (χ1) is 9.13. The van der Waals surface area contributed by atoms with Gasteiger partial charge in [0.2, 0.25) is 0 Å². The van der Waals surface area contributed by atoms with E-state index in [4.69, 9.17) is 4.84 Å². The number of rotatable bonds is 2. The lowest BCUT2D eigenvalue weighted by molar-refractivity contribution is -0.171. The van der Waals surface area contributed by atoms with Gasteiger partial charge in [-0.15, -0.1) is 5.06 Å². The summed E-state index contributed by atoms with van der Waals surface area (Å²) in [5.74, 6) is -0.425. The minimum Gasteiger partial charge on any atom is -0.315 e. The van der Waals surface area contributed by atoms with E-state index in [9.17, 15) is 14.4 Å². The van der Waals surface area contributed by atoms with Crippen molar-refractivity contribution >= 4 is 17.9 Å². The van der Waals surface area contributed by atoms with Crippen LogP contribution in [0.5, 0.6) is 0 Å². The van der Waals surface area contributed by atoms with Crippen LogP contribution in [0.15, 0.2) is 0 Å². The van der Waals surface area contributed by atoms with Crippen molar-refractivity contribution in [2.45, 2.75) is 31.7 Å². The predicted octanol–water partition coefficient (Wildman–Crippen LogP) is -0.129. The molecule has 0 radical (unpaired) electrons. The van der Waals surface area contributed by atoms with Gasteiger partial charge in [0.15, 0.2) is 0 Å². The Labute approximate surface area is 110 Å². The Balaban J connectivity index is 1.54. The quantitative estimate of drug-likeness (QED) is 0.705. The highest BCUT2D eigenvalue weighted by Gasteiger charge is 2.37. The molecule has 0 saturated carbocycles. The molecule has 4 rings (SSSR count). The summed E-state index contributed by atoms with van der Waals surface area (Å²) in [5.41, 5.74) is 0. The van der Waals surface area contributed by atoms with Gasteiger partial charge in [0.05, 0.1) is 0 Å². The molecule has 19 heavy (non-hydrogen) atoms. The van der Waals surface area contributed by atoms with E-state index in [2.05, 4.69) is 10.2 Å². The topological polar surface area (TPSA) is 79.0 Å². The second-order valence-corrected chi connectivity index (χ2v) is 5.35. The number of nitrogens with zero attached hydrogens (tertiary/aromatic N) is 2. The predicted molar refractivity (Wildman–Crippen MR) is 63.7 cm³/mol. The van der Waals surface area contributed by atoms with Crippen molar-refractivity contribution < 1.29 is 19.2 Å². The molecule has 4 aliphatic heterocycles. The molecule has 0 aromatic rings. The number of nitrogens with one attached hydrogen (secondary N) is 1. The maximum Gasteiger partial charge on any atom is 0.432 e. The van der Waals surface area contributed by atoms with Gasteiger partial charge in [0.1, 0.15) is 0 Å². The van der Waals surface area contributed by atoms with E-state index in [0.717, 1.165) is 32.5 Å². The minimum atomic E-state index is -0.706. The number of carbonyl (C=O) groups is 3. The largest absolute Gasteiger partial charge is 0.432 e. The van der Waals surface area contributed by atoms with Crippen molar-refractivity contribution in [3.63, 3.8) is 0 Å². The number of piperidine rings is 3. The zero-order valence-electron chi connectivity index (χ0n) is 10.6. The van der Waals surface area contributed by atoms with Crippen LogP contribution >= 0.6 is 0 Å². The van der Waals surface area contributed by atoms with Crippen molar-refractivity contribution in [2.24, 2.45) is 5.92 Å². The molecule has 1 atom stereocenters. The van der Waals surface area contributed by atoms with Crippen LogP contribution < -0.4 is 5.32 Å². The molecule has 0 spiro atoms. The molecule has 0 aliphatic carbocycles. The van der Waals surface area contributed by atoms with Crippen LogP contribution in [0.3, 0.4) is 0 Å². The van der Waals surface area contributed by atoms with E-state index in [1.54, 1.807) is 0 Å². The van der Waals surface area contributed by atoms with Crippen molar-refractivity contribution in [3.05, 3.63) is 0 Å². The van der Waals surface area contributed by atoms with E-state index < -0.39 is 17.9 Å². The van der Waals surface area contributed by atoms with Crippen LogP contribution in [-0.2, 0) is 14.4 Å². The molecule has 4 saturated heterocycles. The first kappa shape index (κ1) is 12.4. The van der Waals surface area contributed by atoms with Crippen LogP contribution in [-0.4, -0.2) is 53.5 Å². The van der Waals surface area contributed by atoms with Gasteiger partial charge in [0, 0.05) is 25.4 Å². The van der Waals surface area contributed by atoms with Crippen molar-refractivity contribution in [1.29, 1.82) is 0 Å². The zero-order valence-corrected chi connectivity index (χ0v) is 10.6. The average Bonchev–Trinajstić information content (AvgIpc) is 2.72. The number of hydroxylamine groups is 2. The van der Waals surface area contributed by atoms with E-state index in [-0.39, 0.29) is 18.9 Å². The number of hydrogen-bond acceptors (Lipinski definition) is 5. The molecule has 0 aromatic carbocycles. The Bertz CT molecular complexity index is 401. The summed E-state index contributed by atoms with van der Waals surface area (Å²) in [7, 11) is 0. The van der Waals surface area contributed by atoms with Gasteiger partial charge in [-0.25, -0.2) is 4.79 Å². The van der Waals surface area contributed by atoms with Crippen molar-refractivity contribution in [1.82, 2.24) is 15.3 Å². The van der Waals surface area contributed by atoms with Gasteiger partial charge in [-0.1, -0.05) is 0 Å². The van der Waals surface area contributed by atoms with Gasteiger partial charge >= 0.3 is 6.09 Å². The van der Waals surface area contributed by atoms with E-state index in [1.807, 2.05) is 0 Å². The summed E-state index contributed by atoms with van der Waals surface area (Å²) >= 11 is 0. The fourth-order valence-corrected chi connectivity index (χ4v) is 3.05. The van der Waals surface area contributed by atoms with E-state index in [1.165, 1.54) is 0 Å². The highest BCUT2D eigenvalue weighted by Crippen LogP contribution is 2.27. The molecule has 4 fully saturated rings. The third-order valence-electron chi connectivity index (χ3n) is 4.14. The van der Waals surface area contributed by atoms with Gasteiger partial charge < -0.3 is 15.1 Å². The lowest BCUT2D eigenvalue weighted by atomic mass is 9.84. The highest BCUT2D eigenvalue weighted by atomic mass is 16.7. The average molecular weight is 267 g/mol. The minimum absolute atomic E-state index is 0.0582. The van der Waals surface area contributed by atoms with Gasteiger partial charge in [0.25, 0.3) is 11.8 Å². The standard InChI is InChI=1S/C12H17N3O4/c16-10-1-2-11(17)15(10)19-12(18)13-9-7-14-5-3-8(9)4-6-14/h8-9H,1-7H2,(H,13,18)/t9-/m1/s1. The molecule has 0 unspecified atom stereocenters. The summed E-state index contributed by atoms with van der Waals surface area (Å²) in [4.78, 5) is 41.5. The molecule has 7 heteroatoms. The third kappa shape index (κ3) is 2.42. The number of amides is 3. The van der Waals surface area contributed by atoms with Crippen LogP contribution in [0.4, 0.5) is 4.79 Å². The molecule has 0 aromatic heterocycles. The molecule has 3 amide bonds. The number of fused-ring (bicyclic) bond motifs is 3. The van der Waals surface area contributed by atoms with Crippen LogP contribution in [0.1, 0.15) is 25.7 Å². The second-order valence-electron chi connectivity index (χ2n) is 5.35. The molecule has 4 aliphatic rings. The van der Waals surface area contributed by atoms with Crippen LogP contribution in [0.2, 0.25) is 0 Å². The van der Waals surface area contributed by atoms with E-state index in [0.29, 0.717) is 11.0 Å². The summed E-state index contributed by atoms with van der Waals surface area (Å²) in [6, 6.07) is 0.0582. The summed E-state index contributed by atoms with van der Waals surface area (Å²) in [5, 5.41) is 3.35. The highest BCUT2D eigenvalue weighted by molar-refractivity contribution is 6.01. The van der Waals surface area contributed by atoms with Crippen LogP contribution in [0.25, 0.3) is 0 Å². The first-order valence-corrected chi connectivity index (χ1v) is 6.70. The Morgan fingerprint density at radius 1 is 1.16 bits per heavy atom. The molecule has 7 nitrogen and oxygen atoms in total. The first-order valence-electron chi connectivity index (χ1n) is 6.70. The fourth-order valence-electron chi connectivity index (χ4n) is 3.05. The Kier molecular flexibility index (Phi) is 3.14. The molecule has 2 bridgehead atoms. The maximum atomic E-state index is 11.7. The van der Waals surface area contributed by atoms with Crippen molar-refractivity contribution in [3.8, 4) is 0 Å². The summed E-state index contributed by atoms with van der Waals surface area (Å²) in [6.45, 7) is 2.99. The molecule has 4 heterocycles. The maximum absolute atomic E-state index is 11.7. The monoisotopic (exact) mass is 267 g/mol. The Morgan fingerprint density at radius 3 is 2.32 bits per heavy atom. The van der Waals surface area contributed by atoms with Gasteiger partial charge in [-0.3, -0.25) is 9.59 Å². The van der Waals surface area contributed by atoms with E-state index >= 15 is 0 Å². The summed E-state index contributed by atoms with van der Waals surface area (Å²) < 4.78 is 0. The SMILES string of the molecule is O=C(N[C@@H]1CN2CCC1CC2)ON1C(=O)CCC1=O. The third-order valence-corrected chi connectivity index (χ3v) is 4.14. The lowest BCUT2D eigenvalue weighted by Gasteiger charge is -2.44. The van der Waals surface area contributed by atoms with Gasteiger partial charge in [-0.05, 0) is 31.8 Å². The number of hydrogen-bond donors (Lipinski definition) is 1. The van der Waals surface area contributed by atoms with Crippen molar-refractivity contribution in [2.75, 3.05) is 19.6 Å². The number of imide groups is 1. The lowest BCUT2D eigenvalue weighted by Crippen LogP contribution is -2.57. The normalized spacial score (nSPS) is 33.7. The van der Waals surface area contributed by atoms with Crippen LogP contribution in [0, 0.1) is 5.92 Å². The Hall–Kier alpha value is -1.63. The Morgan fingerprint density at radius 2 is 1.79 bits per heavy atom. The summed E-state index contributed by atoms with van der Waals surface area (Å²) in [6.07, 6.45) is 1.68. The second kappa shape index (κ2) is 4.80. The molecule has 1 N–H and O–H groups in total. The number of carbonyl (C=O) groups excluding carboxylic acids is 3. The van der Waals surface area contributed by atoms with Gasteiger partial charge in [-0.2, -0.15) is 0 Å². The zero-order chi connectivity index (χ0) is 13.4. The molecular formula is C12H17N3O4. The fraction of sp³-hybridized carbons (Fsp3) is 0.750. The smallest absolute Gasteiger partial charge is 0.315 e.